The van der Waals surface area contributed by atoms with Crippen LogP contribution in [-0.2, 0) is 14.3 Å². The molecule has 2 aromatic rings. The first kappa shape index (κ1) is 21.3. The molecular formula is C22H23FN2O5. The van der Waals surface area contributed by atoms with Crippen LogP contribution >= 0.6 is 0 Å². The number of carbonyl (C=O) groups excluding carboxylic acids is 2. The summed E-state index contributed by atoms with van der Waals surface area (Å²) in [6.07, 6.45) is 0. The van der Waals surface area contributed by atoms with E-state index < -0.39 is 23.9 Å². The molecule has 0 aromatic heterocycles. The van der Waals surface area contributed by atoms with Crippen LogP contribution in [0.3, 0.4) is 0 Å². The lowest BCUT2D eigenvalue weighted by molar-refractivity contribution is -0.140. The Balaban J connectivity index is 2.04. The highest BCUT2D eigenvalue weighted by atomic mass is 19.1. The predicted molar refractivity (Wildman–Crippen MR) is 109 cm³/mol. The van der Waals surface area contributed by atoms with Gasteiger partial charge in [-0.2, -0.15) is 0 Å². The van der Waals surface area contributed by atoms with Crippen LogP contribution in [0.25, 0.3) is 0 Å². The number of amides is 2. The van der Waals surface area contributed by atoms with Gasteiger partial charge in [-0.3, -0.25) is 4.90 Å². The smallest absolute Gasteiger partial charge is 0.338 e. The number of hydrogen-bond acceptors (Lipinski definition) is 5. The molecule has 0 saturated heterocycles. The maximum absolute atomic E-state index is 13.4. The second-order valence-corrected chi connectivity index (χ2v) is 6.60. The number of rotatable bonds is 7. The molecule has 158 valence electrons. The van der Waals surface area contributed by atoms with Gasteiger partial charge in [0.1, 0.15) is 18.2 Å². The minimum absolute atomic E-state index is 0.0682. The zero-order chi connectivity index (χ0) is 21.7. The molecule has 1 N–H and O–H groups in total. The van der Waals surface area contributed by atoms with Gasteiger partial charge in [0.25, 0.3) is 0 Å². The lowest BCUT2D eigenvalue weighted by atomic mass is 9.94. The monoisotopic (exact) mass is 414 g/mol. The van der Waals surface area contributed by atoms with E-state index in [0.717, 1.165) is 0 Å². The van der Waals surface area contributed by atoms with E-state index in [9.17, 15) is 14.0 Å². The highest BCUT2D eigenvalue weighted by molar-refractivity contribution is 6.03. The van der Waals surface area contributed by atoms with E-state index in [1.165, 1.54) is 36.3 Å². The van der Waals surface area contributed by atoms with Gasteiger partial charge in [-0.25, -0.2) is 14.0 Å². The van der Waals surface area contributed by atoms with E-state index in [4.69, 9.17) is 14.2 Å². The molecule has 30 heavy (non-hydrogen) atoms. The third-order valence-corrected chi connectivity index (χ3v) is 4.76. The molecular weight excluding hydrogens is 391 g/mol. The molecule has 1 atom stereocenters. The number of nitrogens with zero attached hydrogens (tertiary/aromatic N) is 1. The topological polar surface area (TPSA) is 77.1 Å². The lowest BCUT2D eigenvalue weighted by Crippen LogP contribution is -2.48. The van der Waals surface area contributed by atoms with Crippen molar-refractivity contribution in [2.45, 2.75) is 13.0 Å². The van der Waals surface area contributed by atoms with Crippen molar-refractivity contribution in [3.05, 3.63) is 71.2 Å². The SMILES string of the molecule is COCCOC(=O)C1=C(C)N(c2ccc(OC)cc2)C(=O)NC1c1ccc(F)cc1. The van der Waals surface area contributed by atoms with Crippen LogP contribution in [0.1, 0.15) is 18.5 Å². The van der Waals surface area contributed by atoms with Gasteiger partial charge in [-0.05, 0) is 48.9 Å². The fourth-order valence-corrected chi connectivity index (χ4v) is 3.25. The summed E-state index contributed by atoms with van der Waals surface area (Å²) >= 11 is 0. The normalized spacial score (nSPS) is 16.3. The van der Waals surface area contributed by atoms with Crippen LogP contribution in [-0.4, -0.2) is 39.4 Å². The van der Waals surface area contributed by atoms with Crippen molar-refractivity contribution in [3.63, 3.8) is 0 Å². The molecule has 1 heterocycles. The van der Waals surface area contributed by atoms with Crippen molar-refractivity contribution >= 4 is 17.7 Å². The zero-order valence-corrected chi connectivity index (χ0v) is 17.0. The number of nitrogens with one attached hydrogen (secondary N) is 1. The van der Waals surface area contributed by atoms with E-state index in [2.05, 4.69) is 5.32 Å². The predicted octanol–water partition coefficient (Wildman–Crippen LogP) is 3.57. The summed E-state index contributed by atoms with van der Waals surface area (Å²) in [6, 6.07) is 11.3. The second kappa shape index (κ2) is 9.41. The number of allylic oxidation sites excluding steroid dienone is 1. The number of urea groups is 1. The minimum Gasteiger partial charge on any atom is -0.497 e. The number of hydrogen-bond donors (Lipinski definition) is 1. The Kier molecular flexibility index (Phi) is 6.68. The average Bonchev–Trinajstić information content (AvgIpc) is 2.74. The fraction of sp³-hybridized carbons (Fsp3) is 0.273. The third kappa shape index (κ3) is 4.44. The number of halogens is 1. The van der Waals surface area contributed by atoms with E-state index in [1.54, 1.807) is 38.3 Å². The number of carbonyl (C=O) groups is 2. The van der Waals surface area contributed by atoms with Crippen LogP contribution in [0.2, 0.25) is 0 Å². The Bertz CT molecular complexity index is 941. The summed E-state index contributed by atoms with van der Waals surface area (Å²) < 4.78 is 28.8. The van der Waals surface area contributed by atoms with E-state index >= 15 is 0 Å². The standard InChI is InChI=1S/C22H23FN2O5/c1-14-19(21(26)30-13-12-28-2)20(15-4-6-16(23)7-5-15)24-22(27)25(14)17-8-10-18(29-3)11-9-17/h4-11,20H,12-13H2,1-3H3,(H,24,27). The Morgan fingerprint density at radius 3 is 2.33 bits per heavy atom. The average molecular weight is 414 g/mol. The fourth-order valence-electron chi connectivity index (χ4n) is 3.25. The van der Waals surface area contributed by atoms with E-state index in [1.807, 2.05) is 0 Å². The molecule has 0 aliphatic carbocycles. The lowest BCUT2D eigenvalue weighted by Gasteiger charge is -2.35. The van der Waals surface area contributed by atoms with Crippen molar-refractivity contribution in [1.82, 2.24) is 5.32 Å². The minimum atomic E-state index is -0.775. The zero-order valence-electron chi connectivity index (χ0n) is 17.0. The molecule has 0 fully saturated rings. The maximum Gasteiger partial charge on any atom is 0.338 e. The quantitative estimate of drug-likeness (QED) is 0.554. The van der Waals surface area contributed by atoms with Crippen molar-refractivity contribution < 1.29 is 28.2 Å². The van der Waals surface area contributed by atoms with Crippen molar-refractivity contribution in [2.75, 3.05) is 32.3 Å². The van der Waals surface area contributed by atoms with Crippen LogP contribution in [0.5, 0.6) is 5.75 Å². The molecule has 7 nitrogen and oxygen atoms in total. The molecule has 3 rings (SSSR count). The summed E-state index contributed by atoms with van der Waals surface area (Å²) in [4.78, 5) is 27.2. The molecule has 2 aromatic carbocycles. The van der Waals surface area contributed by atoms with Gasteiger partial charge < -0.3 is 19.5 Å². The molecule has 1 aliphatic heterocycles. The summed E-state index contributed by atoms with van der Waals surface area (Å²) in [5.41, 5.74) is 1.80. The molecule has 8 heteroatoms. The molecule has 0 saturated carbocycles. The van der Waals surface area contributed by atoms with Gasteiger partial charge in [0.05, 0.1) is 31.0 Å². The number of ether oxygens (including phenoxy) is 3. The molecule has 2 amide bonds. The summed E-state index contributed by atoms with van der Waals surface area (Å²) in [5, 5.41) is 2.82. The Hall–Kier alpha value is -3.39. The summed E-state index contributed by atoms with van der Waals surface area (Å²) in [6.45, 7) is 1.99. The summed E-state index contributed by atoms with van der Waals surface area (Å²) in [5.74, 6) is -0.357. The second-order valence-electron chi connectivity index (χ2n) is 6.60. The number of methoxy groups -OCH3 is 2. The molecule has 0 spiro atoms. The Morgan fingerprint density at radius 2 is 1.73 bits per heavy atom. The van der Waals surface area contributed by atoms with Gasteiger partial charge in [-0.1, -0.05) is 12.1 Å². The van der Waals surface area contributed by atoms with Crippen molar-refractivity contribution in [2.24, 2.45) is 0 Å². The molecule has 0 bridgehead atoms. The van der Waals surface area contributed by atoms with Gasteiger partial charge in [-0.15, -0.1) is 0 Å². The Labute approximate surface area is 174 Å². The maximum atomic E-state index is 13.4. The number of anilines is 1. The van der Waals surface area contributed by atoms with Gasteiger partial charge in [0.2, 0.25) is 0 Å². The number of esters is 1. The third-order valence-electron chi connectivity index (χ3n) is 4.76. The molecule has 1 unspecified atom stereocenters. The first-order valence-electron chi connectivity index (χ1n) is 9.33. The Morgan fingerprint density at radius 1 is 1.07 bits per heavy atom. The molecule has 0 radical (unpaired) electrons. The van der Waals surface area contributed by atoms with Gasteiger partial charge in [0.15, 0.2) is 0 Å². The van der Waals surface area contributed by atoms with Crippen LogP contribution in [0.4, 0.5) is 14.9 Å². The first-order valence-corrected chi connectivity index (χ1v) is 9.33. The van der Waals surface area contributed by atoms with Gasteiger partial charge in [0, 0.05) is 12.8 Å². The van der Waals surface area contributed by atoms with E-state index in [-0.39, 0.29) is 18.8 Å². The highest BCUT2D eigenvalue weighted by Gasteiger charge is 2.37. The first-order chi connectivity index (χ1) is 14.5. The van der Waals surface area contributed by atoms with Crippen molar-refractivity contribution in [1.29, 1.82) is 0 Å². The summed E-state index contributed by atoms with van der Waals surface area (Å²) in [7, 11) is 3.06. The van der Waals surface area contributed by atoms with Crippen LogP contribution in [0.15, 0.2) is 59.8 Å². The van der Waals surface area contributed by atoms with Crippen LogP contribution in [0, 0.1) is 5.82 Å². The van der Waals surface area contributed by atoms with Crippen LogP contribution < -0.4 is 15.0 Å². The van der Waals surface area contributed by atoms with Gasteiger partial charge >= 0.3 is 12.0 Å². The number of benzene rings is 2. The largest absolute Gasteiger partial charge is 0.497 e. The molecule has 1 aliphatic rings. The van der Waals surface area contributed by atoms with E-state index in [0.29, 0.717) is 22.7 Å². The highest BCUT2D eigenvalue weighted by Crippen LogP contribution is 2.34. The van der Waals surface area contributed by atoms with Crippen molar-refractivity contribution in [3.8, 4) is 5.75 Å².